The molecule has 1 aliphatic carbocycles. The summed E-state index contributed by atoms with van der Waals surface area (Å²) < 4.78 is 0. The van der Waals surface area contributed by atoms with Crippen molar-refractivity contribution in [3.05, 3.63) is 0 Å². The van der Waals surface area contributed by atoms with Crippen molar-refractivity contribution in [2.45, 2.75) is 37.8 Å². The molecule has 0 aromatic carbocycles. The summed E-state index contributed by atoms with van der Waals surface area (Å²) in [5, 5.41) is 17.9. The molecule has 0 amide bonds. The van der Waals surface area contributed by atoms with Gasteiger partial charge in [-0.05, 0) is 12.8 Å². The number of fused-ring (bicyclic) bond motifs is 1. The molecular formula is C14H31N5. The molecule has 0 aromatic rings. The van der Waals surface area contributed by atoms with E-state index in [1.165, 1.54) is 25.7 Å². The molecule has 0 aromatic heterocycles. The standard InChI is InChI=1S/C14H31N5/c1-2-4-14-13(3-1)18-11-9-16-7-5-15-6-8-17-10-12-19-14/h13-19H,1-12H2. The van der Waals surface area contributed by atoms with Gasteiger partial charge in [-0.15, -0.1) is 0 Å². The Hall–Kier alpha value is -0.200. The van der Waals surface area contributed by atoms with Crippen LogP contribution in [0.15, 0.2) is 0 Å². The van der Waals surface area contributed by atoms with E-state index in [4.69, 9.17) is 0 Å². The van der Waals surface area contributed by atoms with Crippen molar-refractivity contribution >= 4 is 0 Å². The molecule has 2 aliphatic rings. The van der Waals surface area contributed by atoms with E-state index in [0.717, 1.165) is 52.4 Å². The summed E-state index contributed by atoms with van der Waals surface area (Å²) in [6.45, 7) is 8.56. The Kier molecular flexibility index (Phi) is 7.73. The van der Waals surface area contributed by atoms with Crippen molar-refractivity contribution in [2.24, 2.45) is 0 Å². The topological polar surface area (TPSA) is 60.1 Å². The van der Waals surface area contributed by atoms with E-state index in [-0.39, 0.29) is 0 Å². The molecule has 2 unspecified atom stereocenters. The molecule has 1 heterocycles. The van der Waals surface area contributed by atoms with E-state index in [1.807, 2.05) is 0 Å². The first-order valence-corrected chi connectivity index (χ1v) is 8.06. The second-order valence-electron chi connectivity index (χ2n) is 5.66. The van der Waals surface area contributed by atoms with Crippen LogP contribution in [0.2, 0.25) is 0 Å². The number of hydrogen-bond acceptors (Lipinski definition) is 5. The van der Waals surface area contributed by atoms with E-state index in [0.29, 0.717) is 12.1 Å². The molecule has 1 saturated carbocycles. The molecule has 0 bridgehead atoms. The maximum Gasteiger partial charge on any atom is 0.0221 e. The van der Waals surface area contributed by atoms with Crippen LogP contribution in [0.25, 0.3) is 0 Å². The predicted octanol–water partition coefficient (Wildman–Crippen LogP) is -0.741. The van der Waals surface area contributed by atoms with E-state index in [9.17, 15) is 0 Å². The highest BCUT2D eigenvalue weighted by molar-refractivity contribution is 4.86. The van der Waals surface area contributed by atoms with Gasteiger partial charge in [-0.2, -0.15) is 0 Å². The van der Waals surface area contributed by atoms with Gasteiger partial charge in [0.25, 0.3) is 0 Å². The molecule has 2 fully saturated rings. The number of rotatable bonds is 0. The van der Waals surface area contributed by atoms with Crippen molar-refractivity contribution in [3.63, 3.8) is 0 Å². The van der Waals surface area contributed by atoms with Gasteiger partial charge in [0.1, 0.15) is 0 Å². The number of hydrogen-bond donors (Lipinski definition) is 5. The fourth-order valence-electron chi connectivity index (χ4n) is 3.04. The highest BCUT2D eigenvalue weighted by Gasteiger charge is 2.23. The van der Waals surface area contributed by atoms with Gasteiger partial charge < -0.3 is 26.6 Å². The highest BCUT2D eigenvalue weighted by Crippen LogP contribution is 2.18. The quantitative estimate of drug-likeness (QED) is 0.401. The van der Waals surface area contributed by atoms with Crippen molar-refractivity contribution in [1.82, 2.24) is 26.6 Å². The van der Waals surface area contributed by atoms with Crippen LogP contribution in [0.1, 0.15) is 25.7 Å². The fourth-order valence-corrected chi connectivity index (χ4v) is 3.04. The Morgan fingerprint density at radius 3 is 1.26 bits per heavy atom. The van der Waals surface area contributed by atoms with Crippen LogP contribution in [-0.2, 0) is 0 Å². The lowest BCUT2D eigenvalue weighted by Gasteiger charge is -2.33. The van der Waals surface area contributed by atoms with Crippen LogP contribution in [0.3, 0.4) is 0 Å². The van der Waals surface area contributed by atoms with Crippen LogP contribution < -0.4 is 26.6 Å². The molecular weight excluding hydrogens is 238 g/mol. The second-order valence-corrected chi connectivity index (χ2v) is 5.66. The fraction of sp³-hybridized carbons (Fsp3) is 1.00. The maximum absolute atomic E-state index is 3.73. The van der Waals surface area contributed by atoms with Crippen molar-refractivity contribution < 1.29 is 0 Å². The maximum atomic E-state index is 3.73. The van der Waals surface area contributed by atoms with Crippen molar-refractivity contribution in [1.29, 1.82) is 0 Å². The highest BCUT2D eigenvalue weighted by atomic mass is 15.1. The normalized spacial score (nSPS) is 32.8. The molecule has 5 heteroatoms. The first-order valence-electron chi connectivity index (χ1n) is 8.06. The van der Waals surface area contributed by atoms with Crippen LogP contribution in [0.4, 0.5) is 0 Å². The average Bonchev–Trinajstić information content (AvgIpc) is 2.45. The van der Waals surface area contributed by atoms with Crippen LogP contribution >= 0.6 is 0 Å². The molecule has 2 atom stereocenters. The average molecular weight is 269 g/mol. The summed E-state index contributed by atoms with van der Waals surface area (Å²) in [6.07, 6.45) is 5.41. The number of nitrogens with one attached hydrogen (secondary N) is 5. The molecule has 0 radical (unpaired) electrons. The summed E-state index contributed by atoms with van der Waals surface area (Å²) in [7, 11) is 0. The first-order chi connectivity index (χ1) is 9.47. The zero-order chi connectivity index (χ0) is 13.2. The molecule has 19 heavy (non-hydrogen) atoms. The molecule has 1 saturated heterocycles. The Morgan fingerprint density at radius 2 is 0.842 bits per heavy atom. The SMILES string of the molecule is C1CCC2NCCNCCNCCNCCNC2C1. The Balaban J connectivity index is 1.74. The molecule has 5 nitrogen and oxygen atoms in total. The smallest absolute Gasteiger partial charge is 0.0221 e. The lowest BCUT2D eigenvalue weighted by atomic mass is 9.90. The molecule has 0 spiro atoms. The zero-order valence-electron chi connectivity index (χ0n) is 12.1. The Labute approximate surface area is 117 Å². The molecule has 2 rings (SSSR count). The summed E-state index contributed by atoms with van der Waals surface area (Å²) in [5.74, 6) is 0. The zero-order valence-corrected chi connectivity index (χ0v) is 12.1. The second kappa shape index (κ2) is 9.66. The summed E-state index contributed by atoms with van der Waals surface area (Å²) in [6, 6.07) is 1.33. The van der Waals surface area contributed by atoms with E-state index < -0.39 is 0 Å². The monoisotopic (exact) mass is 269 g/mol. The van der Waals surface area contributed by atoms with E-state index in [2.05, 4.69) is 26.6 Å². The Bertz CT molecular complexity index is 202. The van der Waals surface area contributed by atoms with Crippen molar-refractivity contribution in [2.75, 3.05) is 52.4 Å². The largest absolute Gasteiger partial charge is 0.314 e. The first kappa shape index (κ1) is 15.2. The third-order valence-electron chi connectivity index (χ3n) is 4.14. The Morgan fingerprint density at radius 1 is 0.474 bits per heavy atom. The third-order valence-corrected chi connectivity index (χ3v) is 4.14. The van der Waals surface area contributed by atoms with Gasteiger partial charge >= 0.3 is 0 Å². The minimum absolute atomic E-state index is 0.666. The summed E-state index contributed by atoms with van der Waals surface area (Å²) in [5.41, 5.74) is 0. The summed E-state index contributed by atoms with van der Waals surface area (Å²) >= 11 is 0. The predicted molar refractivity (Wildman–Crippen MR) is 80.7 cm³/mol. The lowest BCUT2D eigenvalue weighted by molar-refractivity contribution is 0.285. The van der Waals surface area contributed by atoms with Gasteiger partial charge in [0.15, 0.2) is 0 Å². The summed E-state index contributed by atoms with van der Waals surface area (Å²) in [4.78, 5) is 0. The van der Waals surface area contributed by atoms with Gasteiger partial charge in [0.05, 0.1) is 0 Å². The molecule has 1 aliphatic heterocycles. The van der Waals surface area contributed by atoms with E-state index in [1.54, 1.807) is 0 Å². The minimum atomic E-state index is 0.666. The van der Waals surface area contributed by atoms with Gasteiger partial charge in [0, 0.05) is 64.4 Å². The minimum Gasteiger partial charge on any atom is -0.314 e. The van der Waals surface area contributed by atoms with Gasteiger partial charge in [-0.25, -0.2) is 0 Å². The van der Waals surface area contributed by atoms with Gasteiger partial charge in [0.2, 0.25) is 0 Å². The van der Waals surface area contributed by atoms with E-state index >= 15 is 0 Å². The third kappa shape index (κ3) is 6.19. The lowest BCUT2D eigenvalue weighted by Crippen LogP contribution is -2.52. The van der Waals surface area contributed by atoms with Crippen LogP contribution in [0, 0.1) is 0 Å². The van der Waals surface area contributed by atoms with Crippen LogP contribution in [0.5, 0.6) is 0 Å². The van der Waals surface area contributed by atoms with Gasteiger partial charge in [-0.3, -0.25) is 0 Å². The molecule has 5 N–H and O–H groups in total. The van der Waals surface area contributed by atoms with Crippen molar-refractivity contribution in [3.8, 4) is 0 Å². The van der Waals surface area contributed by atoms with Crippen LogP contribution in [-0.4, -0.2) is 64.4 Å². The molecule has 112 valence electrons. The van der Waals surface area contributed by atoms with Gasteiger partial charge in [-0.1, -0.05) is 12.8 Å².